The molecule has 1 fully saturated rings. The van der Waals surface area contributed by atoms with Gasteiger partial charge in [0.25, 0.3) is 5.91 Å². The van der Waals surface area contributed by atoms with Crippen LogP contribution in [-0.4, -0.2) is 37.0 Å². The Morgan fingerprint density at radius 1 is 1.35 bits per heavy atom. The Labute approximate surface area is 120 Å². The Hall–Kier alpha value is -1.39. The Morgan fingerprint density at radius 3 is 2.75 bits per heavy atom. The third-order valence-corrected chi connectivity index (χ3v) is 3.99. The van der Waals surface area contributed by atoms with E-state index in [4.69, 9.17) is 10.5 Å². The fourth-order valence-corrected chi connectivity index (χ4v) is 2.87. The zero-order valence-corrected chi connectivity index (χ0v) is 12.1. The summed E-state index contributed by atoms with van der Waals surface area (Å²) in [5.41, 5.74) is 6.75. The van der Waals surface area contributed by atoms with Crippen molar-refractivity contribution in [3.63, 3.8) is 0 Å². The molecule has 2 N–H and O–H groups in total. The minimum Gasteiger partial charge on any atom is -0.367 e. The average molecular weight is 276 g/mol. The number of carbonyl (C=O) groups is 1. The second-order valence-electron chi connectivity index (χ2n) is 5.30. The van der Waals surface area contributed by atoms with Crippen molar-refractivity contribution in [1.82, 2.24) is 4.90 Å². The third-order valence-electron chi connectivity index (χ3n) is 3.99. The van der Waals surface area contributed by atoms with E-state index >= 15 is 0 Å². The highest BCUT2D eigenvalue weighted by molar-refractivity contribution is 5.82. The average Bonchev–Trinajstić information content (AvgIpc) is 2.74. The summed E-state index contributed by atoms with van der Waals surface area (Å²) in [6.45, 7) is 1.31. The lowest BCUT2D eigenvalue weighted by atomic mass is 10.1. The molecule has 1 aromatic carbocycles. The number of benzene rings is 1. The number of ether oxygens (including phenoxy) is 1. The molecule has 2 rings (SSSR count). The number of rotatable bonds is 4. The summed E-state index contributed by atoms with van der Waals surface area (Å²) in [7, 11) is 1.59. The molecule has 2 unspecified atom stereocenters. The van der Waals surface area contributed by atoms with E-state index in [0.717, 1.165) is 31.4 Å². The summed E-state index contributed by atoms with van der Waals surface area (Å²) in [4.78, 5) is 14.7. The van der Waals surface area contributed by atoms with Gasteiger partial charge in [-0.05, 0) is 18.4 Å². The predicted molar refractivity (Wildman–Crippen MR) is 79.2 cm³/mol. The van der Waals surface area contributed by atoms with E-state index in [2.05, 4.69) is 0 Å². The van der Waals surface area contributed by atoms with Crippen LogP contribution in [0.4, 0.5) is 0 Å². The molecule has 1 aromatic rings. The van der Waals surface area contributed by atoms with Crippen molar-refractivity contribution < 1.29 is 9.53 Å². The van der Waals surface area contributed by atoms with Crippen molar-refractivity contribution >= 4 is 5.91 Å². The topological polar surface area (TPSA) is 55.6 Å². The second kappa shape index (κ2) is 7.41. The highest BCUT2D eigenvalue weighted by atomic mass is 16.5. The minimum atomic E-state index is -0.525. The lowest BCUT2D eigenvalue weighted by Gasteiger charge is -2.32. The molecule has 0 radical (unpaired) electrons. The van der Waals surface area contributed by atoms with Gasteiger partial charge in [0.1, 0.15) is 0 Å². The first-order chi connectivity index (χ1) is 9.77. The first-order valence-corrected chi connectivity index (χ1v) is 7.36. The predicted octanol–water partition coefficient (Wildman–Crippen LogP) is 2.10. The number of hydrogen-bond acceptors (Lipinski definition) is 3. The van der Waals surface area contributed by atoms with E-state index in [-0.39, 0.29) is 11.9 Å². The Kier molecular flexibility index (Phi) is 5.56. The number of carbonyl (C=O) groups excluding carboxylic acids is 1. The van der Waals surface area contributed by atoms with Crippen molar-refractivity contribution in [1.29, 1.82) is 0 Å². The number of amides is 1. The van der Waals surface area contributed by atoms with Gasteiger partial charge < -0.3 is 15.4 Å². The highest BCUT2D eigenvalue weighted by Crippen LogP contribution is 2.24. The minimum absolute atomic E-state index is 0.0380. The van der Waals surface area contributed by atoms with Crippen LogP contribution in [0.25, 0.3) is 0 Å². The molecule has 1 heterocycles. The lowest BCUT2D eigenvalue weighted by molar-refractivity contribution is -0.144. The Morgan fingerprint density at radius 2 is 2.10 bits per heavy atom. The van der Waals surface area contributed by atoms with E-state index in [1.54, 1.807) is 7.11 Å². The van der Waals surface area contributed by atoms with Gasteiger partial charge >= 0.3 is 0 Å². The fourth-order valence-electron chi connectivity index (χ4n) is 2.87. The summed E-state index contributed by atoms with van der Waals surface area (Å²) in [6, 6.07) is 9.80. The van der Waals surface area contributed by atoms with Gasteiger partial charge in [-0.25, -0.2) is 0 Å². The van der Waals surface area contributed by atoms with Crippen LogP contribution < -0.4 is 5.73 Å². The summed E-state index contributed by atoms with van der Waals surface area (Å²) in [5, 5.41) is 0. The van der Waals surface area contributed by atoms with E-state index in [0.29, 0.717) is 6.54 Å². The molecule has 110 valence electrons. The van der Waals surface area contributed by atoms with Crippen LogP contribution in [0.3, 0.4) is 0 Å². The van der Waals surface area contributed by atoms with Gasteiger partial charge in [0.15, 0.2) is 6.10 Å². The molecule has 0 aliphatic carbocycles. The lowest BCUT2D eigenvalue weighted by Crippen LogP contribution is -2.46. The smallest absolute Gasteiger partial charge is 0.256 e. The monoisotopic (exact) mass is 276 g/mol. The molecular weight excluding hydrogens is 252 g/mol. The van der Waals surface area contributed by atoms with Crippen LogP contribution >= 0.6 is 0 Å². The van der Waals surface area contributed by atoms with Crippen LogP contribution in [0, 0.1) is 0 Å². The molecule has 2 atom stereocenters. The molecule has 0 bridgehead atoms. The molecular formula is C16H24N2O2. The number of nitrogens with two attached hydrogens (primary N) is 1. The number of hydrogen-bond donors (Lipinski definition) is 1. The van der Waals surface area contributed by atoms with E-state index in [1.807, 2.05) is 35.2 Å². The molecule has 4 heteroatoms. The molecule has 1 amide bonds. The van der Waals surface area contributed by atoms with Gasteiger partial charge in [-0.3, -0.25) is 4.79 Å². The van der Waals surface area contributed by atoms with Gasteiger partial charge in [-0.15, -0.1) is 0 Å². The van der Waals surface area contributed by atoms with Crippen LogP contribution in [-0.2, 0) is 9.53 Å². The second-order valence-corrected chi connectivity index (χ2v) is 5.30. The van der Waals surface area contributed by atoms with Crippen molar-refractivity contribution in [2.75, 3.05) is 20.2 Å². The van der Waals surface area contributed by atoms with Gasteiger partial charge in [0.2, 0.25) is 0 Å². The van der Waals surface area contributed by atoms with Gasteiger partial charge in [0, 0.05) is 26.2 Å². The van der Waals surface area contributed by atoms with Crippen LogP contribution in [0.1, 0.15) is 37.4 Å². The maximum atomic E-state index is 12.8. The highest BCUT2D eigenvalue weighted by Gasteiger charge is 2.30. The zero-order valence-electron chi connectivity index (χ0n) is 12.1. The van der Waals surface area contributed by atoms with Crippen LogP contribution in [0.15, 0.2) is 30.3 Å². The summed E-state index contributed by atoms with van der Waals surface area (Å²) in [6.07, 6.45) is 3.84. The van der Waals surface area contributed by atoms with Crippen LogP contribution in [0.5, 0.6) is 0 Å². The quantitative estimate of drug-likeness (QED) is 0.916. The molecule has 1 aliphatic heterocycles. The fraction of sp³-hybridized carbons (Fsp3) is 0.562. The van der Waals surface area contributed by atoms with Gasteiger partial charge in [-0.1, -0.05) is 43.2 Å². The maximum absolute atomic E-state index is 12.8. The molecule has 1 saturated heterocycles. The Balaban J connectivity index is 2.18. The van der Waals surface area contributed by atoms with E-state index < -0.39 is 6.10 Å². The SMILES string of the molecule is COC(C(=O)N1CCCCCC1CN)c1ccccc1. The molecule has 1 aliphatic rings. The number of nitrogens with zero attached hydrogens (tertiary/aromatic N) is 1. The molecule has 0 spiro atoms. The summed E-state index contributed by atoms with van der Waals surface area (Å²) in [5.74, 6) is 0.0380. The standard InChI is InChI=1S/C16H24N2O2/c1-20-15(13-8-4-2-5-9-13)16(19)18-11-7-3-6-10-14(18)12-17/h2,4-5,8-9,14-15H,3,6-7,10-12,17H2,1H3. The van der Waals surface area contributed by atoms with Gasteiger partial charge in [0.05, 0.1) is 0 Å². The molecule has 0 saturated carbocycles. The Bertz CT molecular complexity index is 422. The van der Waals surface area contributed by atoms with Crippen molar-refractivity contribution in [3.05, 3.63) is 35.9 Å². The summed E-state index contributed by atoms with van der Waals surface area (Å²) < 4.78 is 5.45. The van der Waals surface area contributed by atoms with E-state index in [9.17, 15) is 4.79 Å². The number of likely N-dealkylation sites (tertiary alicyclic amines) is 1. The maximum Gasteiger partial charge on any atom is 0.256 e. The van der Waals surface area contributed by atoms with Gasteiger partial charge in [-0.2, -0.15) is 0 Å². The van der Waals surface area contributed by atoms with Crippen LogP contribution in [0.2, 0.25) is 0 Å². The number of methoxy groups -OCH3 is 1. The molecule has 4 nitrogen and oxygen atoms in total. The van der Waals surface area contributed by atoms with E-state index in [1.165, 1.54) is 6.42 Å². The normalized spacial score (nSPS) is 21.3. The zero-order chi connectivity index (χ0) is 14.4. The first-order valence-electron chi connectivity index (χ1n) is 7.36. The van der Waals surface area contributed by atoms with Crippen molar-refractivity contribution in [2.45, 2.75) is 37.8 Å². The first kappa shape index (κ1) is 15.0. The molecule has 20 heavy (non-hydrogen) atoms. The third kappa shape index (κ3) is 3.38. The van der Waals surface area contributed by atoms with Crippen molar-refractivity contribution in [2.24, 2.45) is 5.73 Å². The molecule has 0 aromatic heterocycles. The van der Waals surface area contributed by atoms with Crippen molar-refractivity contribution in [3.8, 4) is 0 Å². The summed E-state index contributed by atoms with van der Waals surface area (Å²) >= 11 is 0. The largest absolute Gasteiger partial charge is 0.367 e.